The summed E-state index contributed by atoms with van der Waals surface area (Å²) in [5.74, 6) is -0.346. The van der Waals surface area contributed by atoms with Gasteiger partial charge in [-0.2, -0.15) is 13.2 Å². The molecule has 0 unspecified atom stereocenters. The average Bonchev–Trinajstić information content (AvgIpc) is 3.25. The lowest BCUT2D eigenvalue weighted by Gasteiger charge is -2.12. The molecule has 1 aromatic heterocycles. The summed E-state index contributed by atoms with van der Waals surface area (Å²) in [7, 11) is 0. The molecule has 1 aromatic rings. The average molecular weight is 331 g/mol. The maximum atomic E-state index is 12.5. The van der Waals surface area contributed by atoms with Crippen LogP contribution in [0.3, 0.4) is 0 Å². The van der Waals surface area contributed by atoms with Gasteiger partial charge in [-0.05, 0) is 32.8 Å². The molecule has 0 bridgehead atoms. The van der Waals surface area contributed by atoms with E-state index >= 15 is 0 Å². The molecule has 23 heavy (non-hydrogen) atoms. The Balaban J connectivity index is 1.89. The molecule has 8 heteroatoms. The Kier molecular flexibility index (Phi) is 5.01. The summed E-state index contributed by atoms with van der Waals surface area (Å²) in [6, 6.07) is 1.44. The molecule has 1 fully saturated rings. The highest BCUT2D eigenvalue weighted by atomic mass is 19.4. The number of nitrogens with one attached hydrogen (secondary N) is 2. The van der Waals surface area contributed by atoms with Crippen LogP contribution in [0.4, 0.5) is 13.2 Å². The maximum Gasteiger partial charge on any atom is 0.406 e. The molecule has 5 nitrogen and oxygen atoms in total. The van der Waals surface area contributed by atoms with Crippen molar-refractivity contribution in [1.82, 2.24) is 15.2 Å². The number of carbonyl (C=O) groups is 2. The van der Waals surface area contributed by atoms with E-state index in [0.29, 0.717) is 12.2 Å². The van der Waals surface area contributed by atoms with Crippen LogP contribution in [0.25, 0.3) is 0 Å². The van der Waals surface area contributed by atoms with Gasteiger partial charge < -0.3 is 15.2 Å². The second kappa shape index (κ2) is 6.64. The second-order valence-corrected chi connectivity index (χ2v) is 5.81. The van der Waals surface area contributed by atoms with E-state index < -0.39 is 18.6 Å². The number of aryl methyl sites for hydroxylation is 1. The lowest BCUT2D eigenvalue weighted by atomic mass is 10.2. The van der Waals surface area contributed by atoms with Crippen molar-refractivity contribution in [1.29, 1.82) is 0 Å². The van der Waals surface area contributed by atoms with Crippen molar-refractivity contribution in [2.75, 3.05) is 13.1 Å². The minimum atomic E-state index is -4.34. The Morgan fingerprint density at radius 2 is 1.83 bits per heavy atom. The van der Waals surface area contributed by atoms with Gasteiger partial charge in [0.2, 0.25) is 5.91 Å². The van der Waals surface area contributed by atoms with E-state index in [1.54, 1.807) is 0 Å². The molecular formula is C15H20F3N3O2. The molecule has 0 atom stereocenters. The van der Waals surface area contributed by atoms with Crippen LogP contribution in [-0.2, 0) is 11.3 Å². The zero-order valence-electron chi connectivity index (χ0n) is 13.1. The Bertz CT molecular complexity index is 604. The van der Waals surface area contributed by atoms with Crippen LogP contribution in [0.15, 0.2) is 6.07 Å². The third-order valence-corrected chi connectivity index (χ3v) is 3.81. The van der Waals surface area contributed by atoms with Crippen molar-refractivity contribution in [3.63, 3.8) is 0 Å². The Hall–Kier alpha value is -1.99. The van der Waals surface area contributed by atoms with Gasteiger partial charge in [0.25, 0.3) is 5.91 Å². The maximum absolute atomic E-state index is 12.5. The van der Waals surface area contributed by atoms with Crippen LogP contribution in [0.5, 0.6) is 0 Å². The first-order valence-corrected chi connectivity index (χ1v) is 7.48. The summed E-state index contributed by atoms with van der Waals surface area (Å²) >= 11 is 0. The molecule has 1 aliphatic rings. The molecule has 0 aliphatic heterocycles. The molecule has 1 aliphatic carbocycles. The number of amides is 2. The first-order valence-electron chi connectivity index (χ1n) is 7.48. The molecule has 0 aromatic carbocycles. The molecular weight excluding hydrogens is 311 g/mol. The van der Waals surface area contributed by atoms with Gasteiger partial charge in [0, 0.05) is 30.4 Å². The summed E-state index contributed by atoms with van der Waals surface area (Å²) in [5.41, 5.74) is 0.881. The van der Waals surface area contributed by atoms with Crippen LogP contribution in [0, 0.1) is 19.8 Å². The number of nitrogens with zero attached hydrogens (tertiary/aromatic N) is 1. The summed E-state index contributed by atoms with van der Waals surface area (Å²) < 4.78 is 38.7. The molecule has 0 radical (unpaired) electrons. The predicted molar refractivity (Wildman–Crippen MR) is 78.0 cm³/mol. The monoisotopic (exact) mass is 331 g/mol. The molecule has 2 N–H and O–H groups in total. The highest BCUT2D eigenvalue weighted by molar-refractivity contribution is 5.95. The van der Waals surface area contributed by atoms with E-state index in [1.807, 2.05) is 0 Å². The third kappa shape index (κ3) is 4.74. The Labute approximate surface area is 132 Å². The van der Waals surface area contributed by atoms with Gasteiger partial charge in [0.1, 0.15) is 6.54 Å². The molecule has 0 saturated heterocycles. The fourth-order valence-corrected chi connectivity index (χ4v) is 2.40. The van der Waals surface area contributed by atoms with Crippen molar-refractivity contribution in [3.8, 4) is 0 Å². The number of aromatic nitrogens is 1. The molecule has 2 rings (SSSR count). The van der Waals surface area contributed by atoms with Gasteiger partial charge in [-0.25, -0.2) is 0 Å². The second-order valence-electron chi connectivity index (χ2n) is 5.81. The van der Waals surface area contributed by atoms with Crippen molar-refractivity contribution >= 4 is 11.8 Å². The smallest absolute Gasteiger partial charge is 0.354 e. The summed E-state index contributed by atoms with van der Waals surface area (Å²) in [5, 5.41) is 5.32. The van der Waals surface area contributed by atoms with Crippen molar-refractivity contribution in [2.45, 2.75) is 39.4 Å². The van der Waals surface area contributed by atoms with E-state index in [1.165, 1.54) is 19.9 Å². The van der Waals surface area contributed by atoms with Crippen molar-refractivity contribution in [2.24, 2.45) is 5.92 Å². The highest BCUT2D eigenvalue weighted by Gasteiger charge is 2.30. The molecule has 128 valence electrons. The normalized spacial score (nSPS) is 14.7. The van der Waals surface area contributed by atoms with Crippen molar-refractivity contribution in [3.05, 3.63) is 23.0 Å². The summed E-state index contributed by atoms with van der Waals surface area (Å²) in [4.78, 5) is 23.5. The van der Waals surface area contributed by atoms with Crippen LogP contribution < -0.4 is 10.6 Å². The van der Waals surface area contributed by atoms with Gasteiger partial charge in [-0.15, -0.1) is 0 Å². The fourth-order valence-electron chi connectivity index (χ4n) is 2.40. The first-order chi connectivity index (χ1) is 10.7. The molecule has 2 amide bonds. The highest BCUT2D eigenvalue weighted by Crippen LogP contribution is 2.28. The predicted octanol–water partition coefficient (Wildman–Crippen LogP) is 1.92. The van der Waals surface area contributed by atoms with E-state index in [4.69, 9.17) is 0 Å². The quantitative estimate of drug-likeness (QED) is 0.783. The van der Waals surface area contributed by atoms with E-state index in [9.17, 15) is 22.8 Å². The Morgan fingerprint density at radius 3 is 2.39 bits per heavy atom. The molecule has 0 spiro atoms. The lowest BCUT2D eigenvalue weighted by molar-refractivity contribution is -0.141. The fraction of sp³-hybridized carbons (Fsp3) is 0.600. The largest absolute Gasteiger partial charge is 0.406 e. The van der Waals surface area contributed by atoms with Gasteiger partial charge >= 0.3 is 6.18 Å². The lowest BCUT2D eigenvalue weighted by Crippen LogP contribution is -2.35. The van der Waals surface area contributed by atoms with Gasteiger partial charge in [-0.1, -0.05) is 0 Å². The minimum Gasteiger partial charge on any atom is -0.354 e. The van der Waals surface area contributed by atoms with Crippen LogP contribution in [-0.4, -0.2) is 35.6 Å². The van der Waals surface area contributed by atoms with Crippen LogP contribution in [0.1, 0.15) is 34.6 Å². The van der Waals surface area contributed by atoms with Gasteiger partial charge in [-0.3, -0.25) is 9.59 Å². The van der Waals surface area contributed by atoms with E-state index in [2.05, 4.69) is 10.6 Å². The first kappa shape index (κ1) is 17.4. The minimum absolute atomic E-state index is 0.0115. The summed E-state index contributed by atoms with van der Waals surface area (Å²) in [6.45, 7) is 2.45. The van der Waals surface area contributed by atoms with Crippen LogP contribution in [0.2, 0.25) is 0 Å². The Morgan fingerprint density at radius 1 is 1.22 bits per heavy atom. The number of rotatable bonds is 6. The molecule has 1 saturated carbocycles. The van der Waals surface area contributed by atoms with E-state index in [-0.39, 0.29) is 29.6 Å². The van der Waals surface area contributed by atoms with Crippen molar-refractivity contribution < 1.29 is 22.8 Å². The number of carbonyl (C=O) groups excluding carboxylic acids is 2. The van der Waals surface area contributed by atoms with Gasteiger partial charge in [0.15, 0.2) is 0 Å². The third-order valence-electron chi connectivity index (χ3n) is 3.81. The number of hydrogen-bond acceptors (Lipinski definition) is 2. The SMILES string of the molecule is Cc1cc(C(=O)NCCNC(=O)C2CC2)c(C)n1CC(F)(F)F. The van der Waals surface area contributed by atoms with E-state index in [0.717, 1.165) is 17.4 Å². The van der Waals surface area contributed by atoms with Gasteiger partial charge in [0.05, 0.1) is 5.56 Å². The standard InChI is InChI=1S/C15H20F3N3O2/c1-9-7-12(10(2)21(9)8-15(16,17)18)14(23)20-6-5-19-13(22)11-3-4-11/h7,11H,3-6,8H2,1-2H3,(H,19,22)(H,20,23). The number of hydrogen-bond donors (Lipinski definition) is 2. The summed E-state index contributed by atoms with van der Waals surface area (Å²) in [6.07, 6.45) is -2.53. The zero-order chi connectivity index (χ0) is 17.2. The number of halogens is 3. The van der Waals surface area contributed by atoms with Crippen LogP contribution >= 0.6 is 0 Å². The molecule has 1 heterocycles. The topological polar surface area (TPSA) is 63.1 Å². The zero-order valence-corrected chi connectivity index (χ0v) is 13.1. The number of alkyl halides is 3.